The lowest BCUT2D eigenvalue weighted by Crippen LogP contribution is -1.90. The second-order valence-corrected chi connectivity index (χ2v) is 4.38. The maximum absolute atomic E-state index is 3.55. The lowest BCUT2D eigenvalue weighted by atomic mass is 10.00. The first kappa shape index (κ1) is 8.06. The summed E-state index contributed by atoms with van der Waals surface area (Å²) in [5.41, 5.74) is 5.69. The summed E-state index contributed by atoms with van der Waals surface area (Å²) in [6, 6.07) is 4.39. The second kappa shape index (κ2) is 2.74. The van der Waals surface area contributed by atoms with Crippen LogP contribution in [-0.2, 0) is 6.42 Å². The lowest BCUT2D eigenvalue weighted by Gasteiger charge is -2.05. The molecule has 1 aromatic carbocycles. The number of rotatable bonds is 0. The molecule has 1 heteroatoms. The van der Waals surface area contributed by atoms with Gasteiger partial charge in [0.2, 0.25) is 0 Å². The Morgan fingerprint density at radius 3 is 2.50 bits per heavy atom. The minimum atomic E-state index is 1.07. The number of allylic oxidation sites excluding steroid dienone is 1. The fraction of sp³-hybridized carbons (Fsp3) is 0.273. The van der Waals surface area contributed by atoms with E-state index < -0.39 is 0 Å². The van der Waals surface area contributed by atoms with E-state index in [1.165, 1.54) is 26.7 Å². The molecule has 0 nitrogen and oxygen atoms in total. The molecule has 0 aliphatic heterocycles. The number of hydrogen-bond acceptors (Lipinski definition) is 0. The topological polar surface area (TPSA) is 0 Å². The number of benzene rings is 1. The van der Waals surface area contributed by atoms with Gasteiger partial charge in [-0.2, -0.15) is 0 Å². The molecule has 1 aliphatic rings. The van der Waals surface area contributed by atoms with E-state index in [9.17, 15) is 0 Å². The van der Waals surface area contributed by atoms with Crippen LogP contribution < -0.4 is 0 Å². The fourth-order valence-electron chi connectivity index (χ4n) is 1.70. The number of hydrogen-bond donors (Lipinski definition) is 0. The molecule has 1 aliphatic carbocycles. The predicted molar refractivity (Wildman–Crippen MR) is 56.5 cm³/mol. The Kier molecular flexibility index (Phi) is 1.84. The second-order valence-electron chi connectivity index (χ2n) is 3.36. The van der Waals surface area contributed by atoms with E-state index >= 15 is 0 Å². The molecule has 0 radical (unpaired) electrons. The van der Waals surface area contributed by atoms with Crippen molar-refractivity contribution in [3.63, 3.8) is 0 Å². The Balaban J connectivity index is 2.66. The molecule has 12 heavy (non-hydrogen) atoms. The zero-order chi connectivity index (χ0) is 8.72. The van der Waals surface area contributed by atoms with Crippen molar-refractivity contribution < 1.29 is 0 Å². The van der Waals surface area contributed by atoms with Gasteiger partial charge in [0.15, 0.2) is 0 Å². The third-order valence-corrected chi connectivity index (χ3v) is 2.97. The van der Waals surface area contributed by atoms with E-state index in [1.54, 1.807) is 0 Å². The highest BCUT2D eigenvalue weighted by molar-refractivity contribution is 9.11. The van der Waals surface area contributed by atoms with Crippen LogP contribution in [0.1, 0.15) is 22.3 Å². The zero-order valence-electron chi connectivity index (χ0n) is 7.32. The first-order valence-corrected chi connectivity index (χ1v) is 4.93. The zero-order valence-corrected chi connectivity index (χ0v) is 8.90. The first-order valence-electron chi connectivity index (χ1n) is 4.13. The van der Waals surface area contributed by atoms with E-state index in [0.717, 1.165) is 6.42 Å². The molecule has 0 N–H and O–H groups in total. The molecule has 1 aromatic rings. The number of halogens is 1. The van der Waals surface area contributed by atoms with Crippen molar-refractivity contribution in [1.82, 2.24) is 0 Å². The maximum atomic E-state index is 3.55. The molecule has 0 fully saturated rings. The van der Waals surface area contributed by atoms with Crippen molar-refractivity contribution in [2.75, 3.05) is 0 Å². The molecule has 0 spiro atoms. The van der Waals surface area contributed by atoms with Crippen molar-refractivity contribution in [3.05, 3.63) is 38.9 Å². The van der Waals surface area contributed by atoms with E-state index in [2.05, 4.69) is 48.0 Å². The Hall–Kier alpha value is -0.560. The van der Waals surface area contributed by atoms with Crippen LogP contribution in [0.5, 0.6) is 0 Å². The van der Waals surface area contributed by atoms with Gasteiger partial charge in [-0.25, -0.2) is 0 Å². The summed E-state index contributed by atoms with van der Waals surface area (Å²) < 4.78 is 1.30. The van der Waals surface area contributed by atoms with E-state index in [4.69, 9.17) is 0 Å². The molecule has 62 valence electrons. The molecule has 0 saturated heterocycles. The fourth-order valence-corrected chi connectivity index (χ4v) is 2.21. The molecular weight excluding hydrogens is 212 g/mol. The lowest BCUT2D eigenvalue weighted by molar-refractivity contribution is 1.21. The molecular formula is C11H11Br. The predicted octanol–water partition coefficient (Wildman–Crippen LogP) is 3.60. The van der Waals surface area contributed by atoms with E-state index in [1.807, 2.05) is 0 Å². The van der Waals surface area contributed by atoms with Crippen molar-refractivity contribution in [1.29, 1.82) is 0 Å². The van der Waals surface area contributed by atoms with Crippen LogP contribution in [-0.4, -0.2) is 0 Å². The summed E-state index contributed by atoms with van der Waals surface area (Å²) in [6.45, 7) is 4.35. The highest BCUT2D eigenvalue weighted by Crippen LogP contribution is 2.32. The molecule has 0 aromatic heterocycles. The first-order chi connectivity index (χ1) is 5.68. The number of aryl methyl sites for hydroxylation is 2. The van der Waals surface area contributed by atoms with Gasteiger partial charge in [0.25, 0.3) is 0 Å². The molecule has 2 rings (SSSR count). The molecule has 0 saturated carbocycles. The molecule has 0 unspecified atom stereocenters. The van der Waals surface area contributed by atoms with Gasteiger partial charge in [-0.3, -0.25) is 0 Å². The van der Waals surface area contributed by atoms with E-state index in [-0.39, 0.29) is 0 Å². The summed E-state index contributed by atoms with van der Waals surface area (Å²) in [5, 5.41) is 0. The van der Waals surface area contributed by atoms with Crippen molar-refractivity contribution in [2.45, 2.75) is 20.3 Å². The van der Waals surface area contributed by atoms with Crippen LogP contribution in [0.25, 0.3) is 6.08 Å². The maximum Gasteiger partial charge on any atom is 0.00495 e. The summed E-state index contributed by atoms with van der Waals surface area (Å²) >= 11 is 3.55. The van der Waals surface area contributed by atoms with Crippen LogP contribution in [0.2, 0.25) is 0 Å². The Morgan fingerprint density at radius 2 is 1.83 bits per heavy atom. The summed E-state index contributed by atoms with van der Waals surface area (Å²) in [4.78, 5) is 0. The molecule has 0 amide bonds. The standard InChI is InChI=1S/C11H11Br/c1-7-3-4-8(2)11-6-9(12)5-10(7)11/h3-5H,6H2,1-2H3. The van der Waals surface area contributed by atoms with Crippen molar-refractivity contribution in [3.8, 4) is 0 Å². The van der Waals surface area contributed by atoms with Crippen LogP contribution in [0.15, 0.2) is 16.6 Å². The average Bonchev–Trinajstić information content (AvgIpc) is 2.41. The average molecular weight is 223 g/mol. The highest BCUT2D eigenvalue weighted by atomic mass is 79.9. The molecule has 0 heterocycles. The Morgan fingerprint density at radius 1 is 1.17 bits per heavy atom. The quantitative estimate of drug-likeness (QED) is 0.630. The van der Waals surface area contributed by atoms with Crippen LogP contribution in [0.4, 0.5) is 0 Å². The molecule has 0 atom stereocenters. The largest absolute Gasteiger partial charge is 0.0587 e. The minimum Gasteiger partial charge on any atom is -0.0587 e. The van der Waals surface area contributed by atoms with Gasteiger partial charge in [0.1, 0.15) is 0 Å². The van der Waals surface area contributed by atoms with Crippen molar-refractivity contribution in [2.24, 2.45) is 0 Å². The van der Waals surface area contributed by atoms with Gasteiger partial charge in [0.05, 0.1) is 0 Å². The smallest absolute Gasteiger partial charge is 0.00495 e. The highest BCUT2D eigenvalue weighted by Gasteiger charge is 2.14. The van der Waals surface area contributed by atoms with Gasteiger partial charge in [-0.1, -0.05) is 28.1 Å². The van der Waals surface area contributed by atoms with Crippen LogP contribution in [0, 0.1) is 13.8 Å². The van der Waals surface area contributed by atoms with Gasteiger partial charge >= 0.3 is 0 Å². The summed E-state index contributed by atoms with van der Waals surface area (Å²) in [7, 11) is 0. The van der Waals surface area contributed by atoms with Gasteiger partial charge in [-0.15, -0.1) is 0 Å². The third kappa shape index (κ3) is 1.13. The minimum absolute atomic E-state index is 1.07. The normalized spacial score (nSPS) is 14.4. The Bertz CT molecular complexity index is 362. The van der Waals surface area contributed by atoms with Gasteiger partial charge in [0, 0.05) is 10.9 Å². The monoisotopic (exact) mass is 222 g/mol. The van der Waals surface area contributed by atoms with Crippen LogP contribution in [0.3, 0.4) is 0 Å². The SMILES string of the molecule is Cc1ccc(C)c2c1C=C(Br)C2. The van der Waals surface area contributed by atoms with E-state index in [0.29, 0.717) is 0 Å². The van der Waals surface area contributed by atoms with Crippen LogP contribution >= 0.6 is 15.9 Å². The molecule has 0 bridgehead atoms. The van der Waals surface area contributed by atoms with Gasteiger partial charge < -0.3 is 0 Å². The summed E-state index contributed by atoms with van der Waals surface area (Å²) in [5.74, 6) is 0. The summed E-state index contributed by atoms with van der Waals surface area (Å²) in [6.07, 6.45) is 3.31. The number of fused-ring (bicyclic) bond motifs is 1. The van der Waals surface area contributed by atoms with Crippen molar-refractivity contribution >= 4 is 22.0 Å². The van der Waals surface area contributed by atoms with Gasteiger partial charge in [-0.05, 0) is 42.2 Å². The Labute approximate surface area is 81.4 Å². The third-order valence-electron chi connectivity index (χ3n) is 2.46.